The van der Waals surface area contributed by atoms with Crippen LogP contribution < -0.4 is 31.4 Å². The maximum absolute atomic E-state index is 9.98. The molecule has 410 valence electrons. The summed E-state index contributed by atoms with van der Waals surface area (Å²) in [6, 6.07) is 58.9. The molecular weight excluding hydrogens is 1020 g/mol. The fourth-order valence-corrected chi connectivity index (χ4v) is 19.6. The molecule has 0 saturated carbocycles. The first-order chi connectivity index (χ1) is 35.8. The van der Waals surface area contributed by atoms with Gasteiger partial charge in [0.2, 0.25) is 0 Å². The van der Waals surface area contributed by atoms with E-state index in [1.807, 2.05) is 12.1 Å². The van der Waals surface area contributed by atoms with E-state index in [2.05, 4.69) is 236 Å². The normalized spacial score (nSPS) is 11.8. The molecule has 0 atom stereocenters. The Bertz CT molecular complexity index is 2290. The molecule has 0 amide bonds. The number of nitrogens with zero attached hydrogens (tertiary/aromatic N) is 2. The van der Waals surface area contributed by atoms with Gasteiger partial charge < -0.3 is 29.7 Å². The molecule has 6 aromatic carbocycles. The lowest BCUT2D eigenvalue weighted by atomic mass is 10.2. The molecule has 0 spiro atoms. The first-order valence-electron chi connectivity index (χ1n) is 27.7. The van der Waals surface area contributed by atoms with Gasteiger partial charge >= 0.3 is 0 Å². The van der Waals surface area contributed by atoms with Gasteiger partial charge in [-0.1, -0.05) is 218 Å². The van der Waals surface area contributed by atoms with Gasteiger partial charge in [-0.25, -0.2) is 0 Å². The Morgan fingerprint density at radius 1 is 0.493 bits per heavy atom. The van der Waals surface area contributed by atoms with Gasteiger partial charge in [0.1, 0.15) is 11.5 Å². The van der Waals surface area contributed by atoms with Crippen molar-refractivity contribution in [3.8, 4) is 11.5 Å². The summed E-state index contributed by atoms with van der Waals surface area (Å²) in [5.41, 5.74) is 6.99. The fourth-order valence-electron chi connectivity index (χ4n) is 10.0. The van der Waals surface area contributed by atoms with E-state index in [4.69, 9.17) is 19.7 Å². The summed E-state index contributed by atoms with van der Waals surface area (Å²) < 4.78 is 13.8. The Labute approximate surface area is 466 Å². The SMILES string of the molecule is CC(C)(C)[Si](OCCCCBr)(c1ccccc1)c1ccccc1.CCCCCN(CCCCO[Si](c1ccccc1)(c1ccccc1)C(C)(C)C)c1cccc(O)c1.CCN(C(C)C)C(C)C.Nc1cccc(O)c1. The first kappa shape index (κ1) is 64.6. The molecule has 0 aliphatic carbocycles. The highest BCUT2D eigenvalue weighted by atomic mass is 79.9. The molecule has 0 heterocycles. The minimum absolute atomic E-state index is 0.00343. The molecule has 0 aliphatic heterocycles. The number of unbranched alkanes of at least 4 members (excludes halogenated alkanes) is 4. The summed E-state index contributed by atoms with van der Waals surface area (Å²) in [4.78, 5) is 4.87. The molecule has 0 fully saturated rings. The Hall–Kier alpha value is -4.69. The number of halogens is 1. The summed E-state index contributed by atoms with van der Waals surface area (Å²) in [6.45, 7) is 32.1. The predicted octanol–water partition coefficient (Wildman–Crippen LogP) is 14.6. The standard InChI is InChI=1S/C31H43NO2Si.C20H27BrOSi.C8H19N.C6H7NO/c1-5-6-13-23-32(27-17-16-18-28(33)26-27)24-14-15-25-34-35(31(2,3)4,29-19-9-7-10-20-29)30-21-11-8-12-22-30;1-20(2,3)23(22-17-11-10-16-21,18-12-6-4-7-13-18)19-14-8-5-9-15-19;1-6-9(7(2)3)8(4)5;7-5-2-1-3-6(8)4-5/h7-12,16-22,26,33H,5-6,13-15,23-25H2,1-4H3;4-9,12-15H,10-11,16-17H2,1-3H3;7-8H,6H2,1-5H3;1-4,8H,7H2. The number of benzene rings is 6. The van der Waals surface area contributed by atoms with Gasteiger partial charge in [0.15, 0.2) is 0 Å². The van der Waals surface area contributed by atoms with Crippen LogP contribution in [-0.4, -0.2) is 82.0 Å². The number of anilines is 2. The second-order valence-corrected chi connectivity index (χ2v) is 31.4. The monoisotopic (exact) mass is 1120 g/mol. The van der Waals surface area contributed by atoms with E-state index in [1.165, 1.54) is 46.1 Å². The van der Waals surface area contributed by atoms with Crippen LogP contribution in [0, 0.1) is 0 Å². The smallest absolute Gasteiger partial charge is 0.261 e. The molecule has 10 heteroatoms. The average Bonchev–Trinajstić information content (AvgIpc) is 3.38. The van der Waals surface area contributed by atoms with Crippen LogP contribution in [0.2, 0.25) is 10.1 Å². The van der Waals surface area contributed by atoms with Gasteiger partial charge in [-0.2, -0.15) is 0 Å². The van der Waals surface area contributed by atoms with E-state index in [-0.39, 0.29) is 15.8 Å². The second-order valence-electron chi connectivity index (χ2n) is 22.0. The van der Waals surface area contributed by atoms with Gasteiger partial charge in [0, 0.05) is 67.2 Å². The number of nitrogens with two attached hydrogens (primary N) is 1. The van der Waals surface area contributed by atoms with Crippen LogP contribution in [-0.2, 0) is 8.85 Å². The number of nitrogen functional groups attached to an aromatic ring is 1. The van der Waals surface area contributed by atoms with Crippen molar-refractivity contribution in [3.63, 3.8) is 0 Å². The van der Waals surface area contributed by atoms with Crippen molar-refractivity contribution >= 4 is 64.7 Å². The van der Waals surface area contributed by atoms with E-state index in [0.717, 1.165) is 69.5 Å². The van der Waals surface area contributed by atoms with Crippen LogP contribution in [0.25, 0.3) is 0 Å². The quantitative estimate of drug-likeness (QED) is 0.0255. The molecule has 6 aromatic rings. The number of alkyl halides is 1. The largest absolute Gasteiger partial charge is 0.508 e. The Kier molecular flexibility index (Phi) is 28.8. The molecule has 6 rings (SSSR count). The van der Waals surface area contributed by atoms with Crippen molar-refractivity contribution in [1.29, 1.82) is 0 Å². The van der Waals surface area contributed by atoms with Gasteiger partial charge in [0.05, 0.1) is 0 Å². The third-order valence-electron chi connectivity index (χ3n) is 13.6. The van der Waals surface area contributed by atoms with Crippen molar-refractivity contribution in [3.05, 3.63) is 170 Å². The zero-order valence-corrected chi connectivity index (χ0v) is 51.7. The van der Waals surface area contributed by atoms with Crippen LogP contribution in [0.15, 0.2) is 170 Å². The molecule has 0 aromatic heterocycles. The second kappa shape index (κ2) is 33.5. The zero-order chi connectivity index (χ0) is 55.3. The summed E-state index contributed by atoms with van der Waals surface area (Å²) in [6.07, 6.45) is 7.92. The van der Waals surface area contributed by atoms with E-state index in [1.54, 1.807) is 24.3 Å². The highest BCUT2D eigenvalue weighted by Gasteiger charge is 2.51. The van der Waals surface area contributed by atoms with E-state index >= 15 is 0 Å². The maximum atomic E-state index is 9.98. The van der Waals surface area contributed by atoms with Crippen molar-refractivity contribution < 1.29 is 19.1 Å². The molecule has 7 nitrogen and oxygen atoms in total. The molecule has 4 N–H and O–H groups in total. The van der Waals surface area contributed by atoms with Crippen LogP contribution in [0.1, 0.15) is 128 Å². The van der Waals surface area contributed by atoms with Gasteiger partial charge in [-0.05, 0) is 121 Å². The van der Waals surface area contributed by atoms with Crippen molar-refractivity contribution in [2.24, 2.45) is 0 Å². The lowest BCUT2D eigenvalue weighted by molar-refractivity contribution is 0.185. The summed E-state index contributed by atoms with van der Waals surface area (Å²) in [5.74, 6) is 0.544. The Morgan fingerprint density at radius 2 is 0.867 bits per heavy atom. The third kappa shape index (κ3) is 20.3. The van der Waals surface area contributed by atoms with Crippen LogP contribution in [0.5, 0.6) is 11.5 Å². The molecule has 0 bridgehead atoms. The van der Waals surface area contributed by atoms with E-state index in [0.29, 0.717) is 23.5 Å². The van der Waals surface area contributed by atoms with Crippen molar-refractivity contribution in [2.45, 2.75) is 150 Å². The van der Waals surface area contributed by atoms with Crippen molar-refractivity contribution in [1.82, 2.24) is 4.90 Å². The highest BCUT2D eigenvalue weighted by Crippen LogP contribution is 2.38. The number of aromatic hydroxyl groups is 2. The fraction of sp³-hybridized carbons (Fsp3) is 0.446. The molecule has 75 heavy (non-hydrogen) atoms. The highest BCUT2D eigenvalue weighted by molar-refractivity contribution is 9.09. The average molecular weight is 1120 g/mol. The van der Waals surface area contributed by atoms with Crippen LogP contribution in [0.4, 0.5) is 11.4 Å². The minimum Gasteiger partial charge on any atom is -0.508 e. The predicted molar refractivity (Wildman–Crippen MR) is 334 cm³/mol. The number of phenolic OH excluding ortho intramolecular Hbond substituents is 2. The molecular formula is C65H96BrN3O4Si2. The molecule has 0 aliphatic rings. The van der Waals surface area contributed by atoms with Crippen LogP contribution in [0.3, 0.4) is 0 Å². The number of hydrogen-bond acceptors (Lipinski definition) is 7. The number of phenols is 2. The zero-order valence-electron chi connectivity index (χ0n) is 48.1. The minimum atomic E-state index is -2.47. The van der Waals surface area contributed by atoms with E-state index in [9.17, 15) is 5.11 Å². The molecule has 0 unspecified atom stereocenters. The van der Waals surface area contributed by atoms with Gasteiger partial charge in [-0.3, -0.25) is 4.90 Å². The topological polar surface area (TPSA) is 91.4 Å². The first-order valence-corrected chi connectivity index (χ1v) is 32.6. The third-order valence-corrected chi connectivity index (χ3v) is 24.3. The Balaban J connectivity index is 0.000000313. The molecule has 0 radical (unpaired) electrons. The Morgan fingerprint density at radius 3 is 1.16 bits per heavy atom. The summed E-state index contributed by atoms with van der Waals surface area (Å²) in [5, 5.41) is 25.2. The maximum Gasteiger partial charge on any atom is 0.261 e. The molecule has 0 saturated heterocycles. The van der Waals surface area contributed by atoms with Gasteiger partial charge in [0.25, 0.3) is 16.6 Å². The summed E-state index contributed by atoms with van der Waals surface area (Å²) >= 11 is 3.52. The summed E-state index contributed by atoms with van der Waals surface area (Å²) in [7, 11) is -4.79. The van der Waals surface area contributed by atoms with Crippen LogP contribution >= 0.6 is 15.9 Å². The lowest BCUT2D eigenvalue weighted by Gasteiger charge is -2.43. The number of hydrogen-bond donors (Lipinski definition) is 3. The van der Waals surface area contributed by atoms with E-state index < -0.39 is 16.6 Å². The van der Waals surface area contributed by atoms with Crippen molar-refractivity contribution in [2.75, 3.05) is 48.8 Å². The van der Waals surface area contributed by atoms with Gasteiger partial charge in [-0.15, -0.1) is 0 Å². The number of rotatable bonds is 23. The lowest BCUT2D eigenvalue weighted by Crippen LogP contribution is -2.66.